The summed E-state index contributed by atoms with van der Waals surface area (Å²) in [5, 5.41) is 6.53. The highest BCUT2D eigenvalue weighted by molar-refractivity contribution is 5.99. The van der Waals surface area contributed by atoms with Gasteiger partial charge >= 0.3 is 0 Å². The molecule has 31 heavy (non-hydrogen) atoms. The van der Waals surface area contributed by atoms with Crippen LogP contribution in [0.3, 0.4) is 0 Å². The van der Waals surface area contributed by atoms with E-state index in [0.29, 0.717) is 17.9 Å². The minimum absolute atomic E-state index is 0.0423. The molecule has 0 radical (unpaired) electrons. The van der Waals surface area contributed by atoms with E-state index in [0.717, 1.165) is 23.1 Å². The summed E-state index contributed by atoms with van der Waals surface area (Å²) in [5.41, 5.74) is 4.33. The fourth-order valence-corrected chi connectivity index (χ4v) is 4.01. The van der Waals surface area contributed by atoms with Crippen LogP contribution in [-0.4, -0.2) is 39.0 Å². The van der Waals surface area contributed by atoms with E-state index >= 15 is 0 Å². The lowest BCUT2D eigenvalue weighted by molar-refractivity contribution is 0.0938. The number of ketones is 2. The number of likely N-dealkylation sites (N-methyl/N-ethyl adjacent to an activating group) is 1. The molecule has 6 heteroatoms. The number of aromatic nitrogens is 2. The first-order chi connectivity index (χ1) is 15.0. The molecule has 0 saturated carbocycles. The van der Waals surface area contributed by atoms with Gasteiger partial charge in [-0.15, -0.1) is 0 Å². The van der Waals surface area contributed by atoms with Crippen molar-refractivity contribution in [2.24, 2.45) is 0 Å². The van der Waals surface area contributed by atoms with Crippen LogP contribution in [0.15, 0.2) is 67.0 Å². The van der Waals surface area contributed by atoms with Crippen LogP contribution in [-0.2, 0) is 6.54 Å². The Balaban J connectivity index is 1.52. The fourth-order valence-electron chi connectivity index (χ4n) is 4.01. The van der Waals surface area contributed by atoms with Crippen molar-refractivity contribution in [3.05, 3.63) is 83.9 Å². The predicted octanol–water partition coefficient (Wildman–Crippen LogP) is 3.73. The standard InChI is InChI=1S/C25H28N4O2/c1-4-26-17(2)24(30)23-12-6-10-21-19(13-15-29(21)23)16-27-18(3)25(31)22-11-5-8-20-9-7-14-28(20)22/h5-15,17-18,26-27H,4,16H2,1-3H3. The van der Waals surface area contributed by atoms with Crippen LogP contribution in [0, 0.1) is 0 Å². The number of rotatable bonds is 9. The van der Waals surface area contributed by atoms with Crippen molar-refractivity contribution in [1.82, 2.24) is 19.4 Å². The summed E-state index contributed by atoms with van der Waals surface area (Å²) in [5.74, 6) is 0.103. The highest BCUT2D eigenvalue weighted by Gasteiger charge is 2.20. The molecule has 0 saturated heterocycles. The second-order valence-electron chi connectivity index (χ2n) is 7.83. The van der Waals surface area contributed by atoms with Gasteiger partial charge in [0.2, 0.25) is 0 Å². The van der Waals surface area contributed by atoms with Crippen molar-refractivity contribution < 1.29 is 9.59 Å². The zero-order chi connectivity index (χ0) is 22.0. The molecular weight excluding hydrogens is 388 g/mol. The summed E-state index contributed by atoms with van der Waals surface area (Å²) in [6.07, 6.45) is 3.83. The number of fused-ring (bicyclic) bond motifs is 2. The van der Waals surface area contributed by atoms with E-state index in [-0.39, 0.29) is 23.7 Å². The van der Waals surface area contributed by atoms with Gasteiger partial charge in [-0.1, -0.05) is 19.1 Å². The van der Waals surface area contributed by atoms with Crippen LogP contribution >= 0.6 is 0 Å². The zero-order valence-corrected chi connectivity index (χ0v) is 18.1. The summed E-state index contributed by atoms with van der Waals surface area (Å²) in [6, 6.07) is 16.8. The quantitative estimate of drug-likeness (QED) is 0.408. The highest BCUT2D eigenvalue weighted by Crippen LogP contribution is 2.17. The lowest BCUT2D eigenvalue weighted by Gasteiger charge is -2.15. The molecule has 0 aliphatic carbocycles. The normalized spacial score (nSPS) is 13.5. The van der Waals surface area contributed by atoms with E-state index in [2.05, 4.69) is 10.6 Å². The zero-order valence-electron chi connectivity index (χ0n) is 18.1. The third kappa shape index (κ3) is 4.04. The van der Waals surface area contributed by atoms with Crippen molar-refractivity contribution in [1.29, 1.82) is 0 Å². The summed E-state index contributed by atoms with van der Waals surface area (Å²) in [6.45, 7) is 7.03. The van der Waals surface area contributed by atoms with Crippen LogP contribution in [0.5, 0.6) is 0 Å². The lowest BCUT2D eigenvalue weighted by Crippen LogP contribution is -2.35. The fraction of sp³-hybridized carbons (Fsp3) is 0.280. The van der Waals surface area contributed by atoms with Crippen molar-refractivity contribution >= 4 is 22.6 Å². The number of Topliss-reactive ketones (excluding diaryl/α,β-unsaturated/α-hetero) is 2. The average molecular weight is 417 g/mol. The van der Waals surface area contributed by atoms with Gasteiger partial charge < -0.3 is 19.4 Å². The molecule has 0 aromatic carbocycles. The third-order valence-electron chi connectivity index (χ3n) is 5.74. The van der Waals surface area contributed by atoms with E-state index in [1.54, 1.807) is 0 Å². The van der Waals surface area contributed by atoms with Gasteiger partial charge in [0.15, 0.2) is 11.6 Å². The maximum Gasteiger partial charge on any atom is 0.196 e. The molecule has 0 bridgehead atoms. The van der Waals surface area contributed by atoms with Crippen molar-refractivity contribution in [3.8, 4) is 0 Å². The number of nitrogens with zero attached hydrogens (tertiary/aromatic N) is 2. The Morgan fingerprint density at radius 2 is 1.45 bits per heavy atom. The smallest absolute Gasteiger partial charge is 0.196 e. The minimum Gasteiger partial charge on any atom is -0.314 e. The molecule has 0 amide bonds. The van der Waals surface area contributed by atoms with Gasteiger partial charge in [-0.3, -0.25) is 9.59 Å². The van der Waals surface area contributed by atoms with Gasteiger partial charge in [0.05, 0.1) is 29.0 Å². The van der Waals surface area contributed by atoms with E-state index in [1.807, 2.05) is 96.6 Å². The molecule has 4 rings (SSSR count). The summed E-state index contributed by atoms with van der Waals surface area (Å²) in [4.78, 5) is 25.8. The molecule has 4 aromatic rings. The van der Waals surface area contributed by atoms with Crippen molar-refractivity contribution in [2.75, 3.05) is 6.54 Å². The predicted molar refractivity (Wildman–Crippen MR) is 123 cm³/mol. The molecule has 0 aliphatic rings. The molecule has 0 aliphatic heterocycles. The Morgan fingerprint density at radius 3 is 2.19 bits per heavy atom. The average Bonchev–Trinajstić information content (AvgIpc) is 3.43. The summed E-state index contributed by atoms with van der Waals surface area (Å²) in [7, 11) is 0. The number of pyridine rings is 2. The number of hydrogen-bond acceptors (Lipinski definition) is 4. The van der Waals surface area contributed by atoms with Crippen LogP contribution in [0.4, 0.5) is 0 Å². The highest BCUT2D eigenvalue weighted by atomic mass is 16.1. The topological polar surface area (TPSA) is 67.0 Å². The molecule has 4 heterocycles. The first kappa shape index (κ1) is 21.0. The number of hydrogen-bond donors (Lipinski definition) is 2. The van der Waals surface area contributed by atoms with E-state index in [4.69, 9.17) is 0 Å². The van der Waals surface area contributed by atoms with E-state index in [9.17, 15) is 9.59 Å². The monoisotopic (exact) mass is 416 g/mol. The molecule has 0 fully saturated rings. The molecule has 0 spiro atoms. The molecule has 2 atom stereocenters. The molecule has 4 aromatic heterocycles. The van der Waals surface area contributed by atoms with Crippen LogP contribution < -0.4 is 10.6 Å². The minimum atomic E-state index is -0.346. The van der Waals surface area contributed by atoms with Gasteiger partial charge in [0, 0.05) is 24.5 Å². The Bertz CT molecular complexity index is 1240. The van der Waals surface area contributed by atoms with Crippen LogP contribution in [0.25, 0.3) is 11.0 Å². The van der Waals surface area contributed by atoms with Gasteiger partial charge in [-0.2, -0.15) is 0 Å². The largest absolute Gasteiger partial charge is 0.314 e. The second kappa shape index (κ2) is 8.88. The Kier molecular flexibility index (Phi) is 6.02. The number of carbonyl (C=O) groups is 2. The maximum atomic E-state index is 13.0. The molecule has 2 N–H and O–H groups in total. The van der Waals surface area contributed by atoms with Crippen LogP contribution in [0.1, 0.15) is 47.3 Å². The maximum absolute atomic E-state index is 13.0. The van der Waals surface area contributed by atoms with Gasteiger partial charge in [-0.25, -0.2) is 0 Å². The Labute approximate surface area is 181 Å². The molecule has 160 valence electrons. The molecular formula is C25H28N4O2. The van der Waals surface area contributed by atoms with Gasteiger partial charge in [-0.05, 0) is 68.4 Å². The van der Waals surface area contributed by atoms with E-state index in [1.165, 1.54) is 0 Å². The van der Waals surface area contributed by atoms with Crippen molar-refractivity contribution in [2.45, 2.75) is 39.4 Å². The Morgan fingerprint density at radius 1 is 0.806 bits per heavy atom. The third-order valence-corrected chi connectivity index (χ3v) is 5.74. The second-order valence-corrected chi connectivity index (χ2v) is 7.83. The summed E-state index contributed by atoms with van der Waals surface area (Å²) < 4.78 is 3.85. The Hall–Kier alpha value is -3.22. The SMILES string of the molecule is CCNC(C)C(=O)c1cccc2c(CNC(C)C(=O)c3cccc4cccn34)ccn12. The van der Waals surface area contributed by atoms with Gasteiger partial charge in [0.1, 0.15) is 0 Å². The first-order valence-corrected chi connectivity index (χ1v) is 10.7. The van der Waals surface area contributed by atoms with E-state index < -0.39 is 0 Å². The first-order valence-electron chi connectivity index (χ1n) is 10.7. The summed E-state index contributed by atoms with van der Waals surface area (Å²) >= 11 is 0. The number of carbonyl (C=O) groups excluding carboxylic acids is 2. The lowest BCUT2D eigenvalue weighted by atomic mass is 10.1. The number of nitrogens with one attached hydrogen (secondary N) is 2. The molecule has 6 nitrogen and oxygen atoms in total. The molecule has 2 unspecified atom stereocenters. The van der Waals surface area contributed by atoms with Crippen LogP contribution in [0.2, 0.25) is 0 Å². The van der Waals surface area contributed by atoms with Gasteiger partial charge in [0.25, 0.3) is 0 Å². The van der Waals surface area contributed by atoms with Crippen molar-refractivity contribution in [3.63, 3.8) is 0 Å².